The summed E-state index contributed by atoms with van der Waals surface area (Å²) in [4.78, 5) is -1.07. The molecule has 3 aromatic carbocycles. The molecule has 0 radical (unpaired) electrons. The van der Waals surface area contributed by atoms with Crippen LogP contribution in [0.4, 0.5) is 13.2 Å². The van der Waals surface area contributed by atoms with E-state index in [0.29, 0.717) is 5.39 Å². The summed E-state index contributed by atoms with van der Waals surface area (Å²) in [7, 11) is -4.63. The van der Waals surface area contributed by atoms with Gasteiger partial charge in [-0.2, -0.15) is 8.42 Å². The fourth-order valence-electron chi connectivity index (χ4n) is 2.09. The lowest BCUT2D eigenvalue weighted by atomic mass is 10.1. The maximum absolute atomic E-state index is 13.6. The molecule has 23 heavy (non-hydrogen) atoms. The first-order valence-corrected chi connectivity index (χ1v) is 7.85. The van der Waals surface area contributed by atoms with E-state index in [4.69, 9.17) is 4.18 Å². The van der Waals surface area contributed by atoms with Gasteiger partial charge in [0.1, 0.15) is 16.5 Å². The first kappa shape index (κ1) is 15.4. The molecule has 0 aromatic heterocycles. The van der Waals surface area contributed by atoms with E-state index < -0.39 is 32.5 Å². The van der Waals surface area contributed by atoms with E-state index in [1.165, 1.54) is 12.1 Å². The molecule has 118 valence electrons. The van der Waals surface area contributed by atoms with Crippen LogP contribution in [0.3, 0.4) is 0 Å². The van der Waals surface area contributed by atoms with E-state index in [-0.39, 0.29) is 17.9 Å². The maximum Gasteiger partial charge on any atom is 0.342 e. The Morgan fingerprint density at radius 2 is 1.39 bits per heavy atom. The van der Waals surface area contributed by atoms with Crippen molar-refractivity contribution in [2.45, 2.75) is 4.90 Å². The summed E-state index contributed by atoms with van der Waals surface area (Å²) in [5.74, 6) is -4.45. The largest absolute Gasteiger partial charge is 0.379 e. The minimum atomic E-state index is -4.63. The van der Waals surface area contributed by atoms with E-state index in [1.54, 1.807) is 18.2 Å². The van der Waals surface area contributed by atoms with Gasteiger partial charge >= 0.3 is 10.1 Å². The van der Waals surface area contributed by atoms with Gasteiger partial charge in [0.15, 0.2) is 11.6 Å². The molecule has 3 nitrogen and oxygen atoms in total. The zero-order valence-corrected chi connectivity index (χ0v) is 12.3. The van der Waals surface area contributed by atoms with Crippen LogP contribution in [0.25, 0.3) is 10.8 Å². The topological polar surface area (TPSA) is 43.4 Å². The lowest BCUT2D eigenvalue weighted by Crippen LogP contribution is -2.12. The lowest BCUT2D eigenvalue weighted by Gasteiger charge is -2.09. The number of rotatable bonds is 3. The second-order valence-corrected chi connectivity index (χ2v) is 6.26. The van der Waals surface area contributed by atoms with Crippen molar-refractivity contribution in [2.24, 2.45) is 0 Å². The van der Waals surface area contributed by atoms with Gasteiger partial charge in [-0.15, -0.1) is 0 Å². The van der Waals surface area contributed by atoms with Gasteiger partial charge in [0, 0.05) is 12.1 Å². The molecule has 0 aliphatic carbocycles. The van der Waals surface area contributed by atoms with Crippen molar-refractivity contribution in [3.8, 4) is 5.75 Å². The molecule has 0 atom stereocenters. The molecule has 0 saturated carbocycles. The van der Waals surface area contributed by atoms with Crippen LogP contribution < -0.4 is 4.18 Å². The van der Waals surface area contributed by atoms with E-state index >= 15 is 0 Å². The van der Waals surface area contributed by atoms with Crippen LogP contribution in [0.1, 0.15) is 0 Å². The van der Waals surface area contributed by atoms with Gasteiger partial charge in [0.2, 0.25) is 0 Å². The molecule has 0 unspecified atom stereocenters. The Kier molecular flexibility index (Phi) is 3.73. The van der Waals surface area contributed by atoms with Crippen molar-refractivity contribution >= 4 is 20.9 Å². The third kappa shape index (κ3) is 3.00. The molecule has 0 aliphatic rings. The Bertz CT molecular complexity index is 1000. The maximum atomic E-state index is 13.6. The van der Waals surface area contributed by atoms with E-state index in [1.807, 2.05) is 12.1 Å². The standard InChI is InChI=1S/C16H9F3O3S/c17-13-8-15(19)16(9-14(13)18)23(20,21)22-12-6-5-10-3-1-2-4-11(10)7-12/h1-9H. The van der Waals surface area contributed by atoms with Gasteiger partial charge in [0.25, 0.3) is 0 Å². The smallest absolute Gasteiger partial charge is 0.342 e. The molecule has 0 aliphatic heterocycles. The molecule has 0 spiro atoms. The van der Waals surface area contributed by atoms with Crippen LogP contribution >= 0.6 is 0 Å². The van der Waals surface area contributed by atoms with Gasteiger partial charge in [-0.3, -0.25) is 0 Å². The fraction of sp³-hybridized carbons (Fsp3) is 0. The average Bonchev–Trinajstić information content (AvgIpc) is 2.50. The van der Waals surface area contributed by atoms with Crippen LogP contribution in [-0.4, -0.2) is 8.42 Å². The minimum absolute atomic E-state index is 0.0622. The Balaban J connectivity index is 2.01. The molecular formula is C16H9F3O3S. The van der Waals surface area contributed by atoms with E-state index in [0.717, 1.165) is 5.39 Å². The number of benzene rings is 3. The molecule has 0 saturated heterocycles. The highest BCUT2D eigenvalue weighted by Gasteiger charge is 2.24. The Morgan fingerprint density at radius 1 is 0.739 bits per heavy atom. The summed E-state index contributed by atoms with van der Waals surface area (Å²) in [5, 5.41) is 1.57. The van der Waals surface area contributed by atoms with Crippen molar-refractivity contribution in [1.82, 2.24) is 0 Å². The number of halogens is 3. The molecule has 3 rings (SSSR count). The van der Waals surface area contributed by atoms with Gasteiger partial charge in [0.05, 0.1) is 0 Å². The molecule has 3 aromatic rings. The van der Waals surface area contributed by atoms with E-state index in [9.17, 15) is 21.6 Å². The van der Waals surface area contributed by atoms with Crippen molar-refractivity contribution < 1.29 is 25.8 Å². The first-order chi connectivity index (χ1) is 10.9. The highest BCUT2D eigenvalue weighted by molar-refractivity contribution is 7.87. The number of fused-ring (bicyclic) bond motifs is 1. The summed E-state index contributed by atoms with van der Waals surface area (Å²) in [6, 6.07) is 12.0. The summed E-state index contributed by atoms with van der Waals surface area (Å²) in [6.45, 7) is 0. The van der Waals surface area contributed by atoms with Gasteiger partial charge in [-0.1, -0.05) is 30.3 Å². The summed E-state index contributed by atoms with van der Waals surface area (Å²) in [5.41, 5.74) is 0. The Hall–Kier alpha value is -2.54. The SMILES string of the molecule is O=S(=O)(Oc1ccc2ccccc2c1)c1cc(F)c(F)cc1F. The van der Waals surface area contributed by atoms with Crippen molar-refractivity contribution in [3.05, 3.63) is 72.0 Å². The quantitative estimate of drug-likeness (QED) is 0.535. The van der Waals surface area contributed by atoms with Crippen molar-refractivity contribution in [1.29, 1.82) is 0 Å². The zero-order chi connectivity index (χ0) is 16.6. The molecule has 0 amide bonds. The molecule has 0 heterocycles. The number of hydrogen-bond donors (Lipinski definition) is 0. The van der Waals surface area contributed by atoms with Crippen LogP contribution in [0.15, 0.2) is 59.5 Å². The molecule has 0 bridgehead atoms. The minimum Gasteiger partial charge on any atom is -0.379 e. The second-order valence-electron chi connectivity index (χ2n) is 4.74. The summed E-state index contributed by atoms with van der Waals surface area (Å²) >= 11 is 0. The van der Waals surface area contributed by atoms with Crippen LogP contribution in [-0.2, 0) is 10.1 Å². The Morgan fingerprint density at radius 3 is 2.13 bits per heavy atom. The van der Waals surface area contributed by atoms with Crippen molar-refractivity contribution in [2.75, 3.05) is 0 Å². The summed E-state index contributed by atoms with van der Waals surface area (Å²) in [6.07, 6.45) is 0. The third-order valence-electron chi connectivity index (χ3n) is 3.17. The molecular weight excluding hydrogens is 329 g/mol. The van der Waals surface area contributed by atoms with Crippen LogP contribution in [0, 0.1) is 17.5 Å². The normalized spacial score (nSPS) is 11.6. The highest BCUT2D eigenvalue weighted by atomic mass is 32.2. The highest BCUT2D eigenvalue weighted by Crippen LogP contribution is 2.26. The Labute approximate surface area is 130 Å². The van der Waals surface area contributed by atoms with Gasteiger partial charge in [-0.25, -0.2) is 13.2 Å². The predicted molar refractivity (Wildman–Crippen MR) is 78.1 cm³/mol. The molecule has 0 N–H and O–H groups in total. The molecule has 0 fully saturated rings. The average molecular weight is 338 g/mol. The van der Waals surface area contributed by atoms with Gasteiger partial charge in [-0.05, 0) is 22.9 Å². The van der Waals surface area contributed by atoms with Gasteiger partial charge < -0.3 is 4.18 Å². The predicted octanol–water partition coefficient (Wildman–Crippen LogP) is 4.02. The molecule has 7 heteroatoms. The third-order valence-corrected chi connectivity index (χ3v) is 4.43. The monoisotopic (exact) mass is 338 g/mol. The van der Waals surface area contributed by atoms with E-state index in [2.05, 4.69) is 0 Å². The first-order valence-electron chi connectivity index (χ1n) is 6.45. The van der Waals surface area contributed by atoms with Crippen LogP contribution in [0.2, 0.25) is 0 Å². The van der Waals surface area contributed by atoms with Crippen molar-refractivity contribution in [3.63, 3.8) is 0 Å². The second kappa shape index (κ2) is 5.58. The zero-order valence-electron chi connectivity index (χ0n) is 11.5. The fourth-order valence-corrected chi connectivity index (χ4v) is 3.08. The number of hydrogen-bond acceptors (Lipinski definition) is 3. The van der Waals surface area contributed by atoms with Crippen LogP contribution in [0.5, 0.6) is 5.75 Å². The summed E-state index contributed by atoms with van der Waals surface area (Å²) < 4.78 is 68.6. The lowest BCUT2D eigenvalue weighted by molar-refractivity contribution is 0.460.